The van der Waals surface area contributed by atoms with E-state index in [0.29, 0.717) is 40.5 Å². The van der Waals surface area contributed by atoms with Gasteiger partial charge in [0.1, 0.15) is 57.8 Å². The number of benzene rings is 4. The highest BCUT2D eigenvalue weighted by Gasteiger charge is 2.37. The van der Waals surface area contributed by atoms with Crippen LogP contribution in [0.2, 0.25) is 0 Å². The second-order valence-electron chi connectivity index (χ2n) is 24.7. The summed E-state index contributed by atoms with van der Waals surface area (Å²) in [6.07, 6.45) is 15.2. The predicted octanol–water partition coefficient (Wildman–Crippen LogP) is 19.6. The number of rotatable bonds is 24. The summed E-state index contributed by atoms with van der Waals surface area (Å²) < 4.78 is 36.8. The van der Waals surface area contributed by atoms with Crippen LogP contribution in [0.15, 0.2) is 59.7 Å². The van der Waals surface area contributed by atoms with Crippen LogP contribution in [0.3, 0.4) is 0 Å². The highest BCUT2D eigenvalue weighted by Crippen LogP contribution is 2.48. The highest BCUT2D eigenvalue weighted by atomic mass is 79.9. The number of carbonyl (C=O) groups excluding carboxylic acids is 2. The molecule has 2 heterocycles. The summed E-state index contributed by atoms with van der Waals surface area (Å²) in [5.74, 6) is 4.23. The molecule has 0 fully saturated rings. The molecule has 2 aliphatic heterocycles. The quantitative estimate of drug-likeness (QED) is 0.0506. The summed E-state index contributed by atoms with van der Waals surface area (Å²) in [7, 11) is 6.69. The Kier molecular flexibility index (Phi) is 23.9. The molecule has 0 radical (unpaired) electrons. The Balaban J connectivity index is 0.000000294. The van der Waals surface area contributed by atoms with Gasteiger partial charge in [-0.25, -0.2) is 0 Å². The van der Waals surface area contributed by atoms with E-state index < -0.39 is 6.10 Å². The lowest BCUT2D eigenvalue weighted by Crippen LogP contribution is -2.23. The minimum absolute atomic E-state index is 0.00412. The number of hydrogen-bond donors (Lipinski definition) is 0. The smallest absolute Gasteiger partial charge is 0.174 e. The summed E-state index contributed by atoms with van der Waals surface area (Å²) in [5, 5.41) is 0. The van der Waals surface area contributed by atoms with Crippen molar-refractivity contribution in [3.63, 3.8) is 0 Å². The normalized spacial score (nSPS) is 16.0. The van der Waals surface area contributed by atoms with Gasteiger partial charge in [0.15, 0.2) is 11.6 Å². The van der Waals surface area contributed by atoms with Gasteiger partial charge in [-0.1, -0.05) is 107 Å². The van der Waals surface area contributed by atoms with Gasteiger partial charge in [-0.2, -0.15) is 0 Å². The third-order valence-electron chi connectivity index (χ3n) is 15.4. The van der Waals surface area contributed by atoms with Gasteiger partial charge < -0.3 is 28.4 Å². The number of allylic oxidation sites excluding steroid dienone is 4. The Morgan fingerprint density at radius 3 is 1.25 bits per heavy atom. The second kappa shape index (κ2) is 28.5. The fourth-order valence-corrected chi connectivity index (χ4v) is 11.7. The average Bonchev–Trinajstić information content (AvgIpc) is 3.34. The number of alkyl halides is 4. The second-order valence-corrected chi connectivity index (χ2v) is 31.0. The molecule has 2 atom stereocenters. The topological polar surface area (TPSA) is 89.5 Å². The van der Waals surface area contributed by atoms with Crippen LogP contribution in [0.5, 0.6) is 34.5 Å². The van der Waals surface area contributed by atoms with E-state index in [4.69, 9.17) is 51.6 Å². The third-order valence-corrected chi connectivity index (χ3v) is 16.6. The van der Waals surface area contributed by atoms with E-state index in [1.165, 1.54) is 11.1 Å². The molecular formula is C68H92Br2Cl2O8. The van der Waals surface area contributed by atoms with Crippen molar-refractivity contribution in [2.45, 2.75) is 217 Å². The first kappa shape index (κ1) is 66.8. The van der Waals surface area contributed by atoms with E-state index in [1.807, 2.05) is 45.9 Å². The summed E-state index contributed by atoms with van der Waals surface area (Å²) in [5.41, 5.74) is 14.2. The van der Waals surface area contributed by atoms with Crippen LogP contribution in [-0.4, -0.2) is 58.4 Å². The fraction of sp³-hybridized carbons (Fsp3) is 0.559. The predicted molar refractivity (Wildman–Crippen MR) is 341 cm³/mol. The van der Waals surface area contributed by atoms with Gasteiger partial charge in [0, 0.05) is 29.5 Å². The molecule has 0 unspecified atom stereocenters. The molecule has 12 heteroatoms. The molecule has 0 bridgehead atoms. The van der Waals surface area contributed by atoms with E-state index in [9.17, 15) is 9.59 Å². The van der Waals surface area contributed by atoms with Crippen molar-refractivity contribution in [3.8, 4) is 34.5 Å². The number of aryl methyl sites for hydroxylation is 4. The van der Waals surface area contributed by atoms with Crippen LogP contribution in [0, 0.1) is 27.7 Å². The molecule has 0 aliphatic carbocycles. The Labute approximate surface area is 508 Å². The number of Topliss-reactive ketones (excluding diaryl/α,β-unsaturated/α-hetero) is 2. The molecule has 0 aromatic heterocycles. The molecule has 0 spiro atoms. The van der Waals surface area contributed by atoms with E-state index >= 15 is 0 Å². The van der Waals surface area contributed by atoms with Crippen LogP contribution < -0.4 is 28.4 Å². The highest BCUT2D eigenvalue weighted by molar-refractivity contribution is 9.10. The standard InChI is InChI=1S/C34H46Br2O4.C34H46Cl2O4/c2*1-21(11-10-17-33(4,5)35)12-14-26-25(15-13-22(2)31(26)38-8)28-20-27(37)30-29(40-28)19-23(3)24(32(30)39-9)16-18-34(6,7)36/h2*12-13,15,19,28H,10-11,14,16-18,20H2,1-9H3/b2*21-12+/t2*28-/m00/s1. The molecule has 2 aliphatic rings. The maximum Gasteiger partial charge on any atom is 0.174 e. The number of carbonyl (C=O) groups is 2. The number of hydrogen-bond acceptors (Lipinski definition) is 8. The molecule has 4 aromatic carbocycles. The largest absolute Gasteiger partial charge is 0.496 e. The van der Waals surface area contributed by atoms with Crippen LogP contribution >= 0.6 is 55.1 Å². The number of ether oxygens (including phenoxy) is 6. The van der Waals surface area contributed by atoms with Crippen molar-refractivity contribution in [1.29, 1.82) is 0 Å². The van der Waals surface area contributed by atoms with Crippen molar-refractivity contribution in [1.82, 2.24) is 0 Å². The Morgan fingerprint density at radius 2 is 0.900 bits per heavy atom. The molecular weight excluding hydrogens is 1180 g/mol. The lowest BCUT2D eigenvalue weighted by molar-refractivity contribution is 0.0833. The van der Waals surface area contributed by atoms with E-state index in [0.717, 1.165) is 138 Å². The maximum atomic E-state index is 13.7. The third kappa shape index (κ3) is 18.5. The van der Waals surface area contributed by atoms with Crippen molar-refractivity contribution < 1.29 is 38.0 Å². The molecule has 0 N–H and O–H groups in total. The Bertz CT molecular complexity index is 2700. The van der Waals surface area contributed by atoms with Crippen molar-refractivity contribution in [3.05, 3.63) is 126 Å². The van der Waals surface area contributed by atoms with Gasteiger partial charge in [0.25, 0.3) is 0 Å². The zero-order valence-electron chi connectivity index (χ0n) is 51.5. The summed E-state index contributed by atoms with van der Waals surface area (Å²) in [6.45, 7) is 29.4. The SMILES string of the molecule is COc1c(C)ccc([C@@H]2CC(=O)c3c(cc(C)c(CCC(C)(C)Br)c3OC)O2)c1C/C=C(\C)CCCC(C)(C)Br.COc1c(C)ccc([C@@H]2CC(=O)c3c(cc(C)c(CCC(C)(C)Cl)c3OC)O2)c1C/C=C(\C)CCCC(C)(C)Cl. The van der Waals surface area contributed by atoms with Gasteiger partial charge in [-0.05, 0) is 203 Å². The minimum Gasteiger partial charge on any atom is -0.496 e. The van der Waals surface area contributed by atoms with E-state index in [2.05, 4.69) is 131 Å². The van der Waals surface area contributed by atoms with E-state index in [-0.39, 0.29) is 48.9 Å². The van der Waals surface area contributed by atoms with Gasteiger partial charge in [0.05, 0.1) is 41.3 Å². The van der Waals surface area contributed by atoms with Crippen LogP contribution in [0.1, 0.15) is 222 Å². The van der Waals surface area contributed by atoms with Gasteiger partial charge in [0.2, 0.25) is 0 Å². The molecule has 0 amide bonds. The van der Waals surface area contributed by atoms with Crippen molar-refractivity contribution in [2.24, 2.45) is 0 Å². The molecule has 0 saturated carbocycles. The number of methoxy groups -OCH3 is 4. The average molecular weight is 1270 g/mol. The first-order chi connectivity index (χ1) is 37.3. The van der Waals surface area contributed by atoms with Crippen molar-refractivity contribution >= 4 is 66.6 Å². The Morgan fingerprint density at radius 1 is 0.537 bits per heavy atom. The zero-order valence-corrected chi connectivity index (χ0v) is 56.1. The Hall–Kier alpha value is -3.96. The first-order valence-corrected chi connectivity index (χ1v) is 30.8. The number of ketones is 2. The monoisotopic (exact) mass is 1260 g/mol. The minimum atomic E-state index is -0.410. The molecule has 8 nitrogen and oxygen atoms in total. The van der Waals surface area contributed by atoms with E-state index in [1.54, 1.807) is 28.4 Å². The van der Waals surface area contributed by atoms with Crippen molar-refractivity contribution in [2.75, 3.05) is 28.4 Å². The zero-order chi connectivity index (χ0) is 59.7. The first-order valence-electron chi connectivity index (χ1n) is 28.5. The fourth-order valence-electron chi connectivity index (χ4n) is 10.9. The van der Waals surface area contributed by atoms with Gasteiger partial charge in [-0.15, -0.1) is 23.2 Å². The lowest BCUT2D eigenvalue weighted by atomic mass is 9.87. The van der Waals surface area contributed by atoms with Gasteiger partial charge >= 0.3 is 0 Å². The summed E-state index contributed by atoms with van der Waals surface area (Å²) in [4.78, 5) is 26.8. The number of halogens is 4. The summed E-state index contributed by atoms with van der Waals surface area (Å²) in [6, 6.07) is 12.3. The van der Waals surface area contributed by atoms with Crippen LogP contribution in [0.4, 0.5) is 0 Å². The molecule has 6 rings (SSSR count). The lowest BCUT2D eigenvalue weighted by Gasteiger charge is -2.30. The maximum absolute atomic E-state index is 13.7. The number of fused-ring (bicyclic) bond motifs is 2. The summed E-state index contributed by atoms with van der Waals surface area (Å²) >= 11 is 20.3. The molecule has 0 saturated heterocycles. The molecule has 4 aromatic rings. The molecule has 440 valence electrons. The molecule has 80 heavy (non-hydrogen) atoms. The van der Waals surface area contributed by atoms with Crippen LogP contribution in [0.25, 0.3) is 0 Å². The van der Waals surface area contributed by atoms with Crippen LogP contribution in [-0.2, 0) is 25.7 Å². The van der Waals surface area contributed by atoms with Gasteiger partial charge in [-0.3, -0.25) is 9.59 Å².